The van der Waals surface area contributed by atoms with E-state index in [1.165, 1.54) is 24.0 Å². The van der Waals surface area contributed by atoms with Crippen molar-refractivity contribution < 1.29 is 19.1 Å². The Balaban J connectivity index is 1.20. The lowest BCUT2D eigenvalue weighted by atomic mass is 9.89. The van der Waals surface area contributed by atoms with Crippen LogP contribution in [0.5, 0.6) is 11.5 Å². The Morgan fingerprint density at radius 2 is 1.92 bits per heavy atom. The first-order valence-electron chi connectivity index (χ1n) is 13.4. The number of benzene rings is 3. The highest BCUT2D eigenvalue weighted by atomic mass is 16.5. The van der Waals surface area contributed by atoms with Gasteiger partial charge in [0, 0.05) is 24.1 Å². The minimum absolute atomic E-state index is 0.176. The summed E-state index contributed by atoms with van der Waals surface area (Å²) in [5.74, 6) is 1.83. The van der Waals surface area contributed by atoms with Crippen molar-refractivity contribution in [2.75, 3.05) is 18.1 Å². The minimum Gasteiger partial charge on any atom is -0.489 e. The molecule has 3 aromatic rings. The van der Waals surface area contributed by atoms with Crippen LogP contribution in [0.1, 0.15) is 59.3 Å². The fraction of sp³-hybridized carbons (Fsp3) is 0.355. The maximum Gasteiger partial charge on any atom is 0.325 e. The van der Waals surface area contributed by atoms with Crippen LogP contribution in [-0.2, 0) is 6.42 Å². The first-order valence-corrected chi connectivity index (χ1v) is 13.4. The quantitative estimate of drug-likeness (QED) is 0.417. The van der Waals surface area contributed by atoms with Crippen LogP contribution >= 0.6 is 0 Å². The molecule has 7 nitrogen and oxygen atoms in total. The lowest BCUT2D eigenvalue weighted by Gasteiger charge is -2.50. The molecule has 3 aliphatic rings. The van der Waals surface area contributed by atoms with Crippen LogP contribution < -0.4 is 25.0 Å². The number of nitrogens with zero attached hydrogens (tertiary/aromatic N) is 1. The topological polar surface area (TPSA) is 79.9 Å². The van der Waals surface area contributed by atoms with Crippen LogP contribution in [0.25, 0.3) is 0 Å². The first kappa shape index (κ1) is 24.3. The standard InChI is InChI=1S/C31H33N3O4/c1-20-9-11-21(12-10-20)15-16-32-29(35)23-5-3-6-24(17-23)34-30(36)33-26-18-31(34,2)38-28-25(26)7-4-8-27(28)37-19-22-13-14-22/h3-12,17,22,26H,13-16,18-19H2,1-2H3,(H,32,35)(H,33,36). The average Bonchev–Trinajstić information content (AvgIpc) is 3.73. The molecule has 1 saturated carbocycles. The highest BCUT2D eigenvalue weighted by Crippen LogP contribution is 2.49. The van der Waals surface area contributed by atoms with Crippen LogP contribution in [-0.4, -0.2) is 30.8 Å². The summed E-state index contributed by atoms with van der Waals surface area (Å²) in [4.78, 5) is 27.9. The molecule has 3 amide bonds. The number of hydrogen-bond acceptors (Lipinski definition) is 4. The van der Waals surface area contributed by atoms with E-state index in [0.29, 0.717) is 48.2 Å². The van der Waals surface area contributed by atoms with Crippen LogP contribution in [0.2, 0.25) is 0 Å². The molecule has 7 heteroatoms. The van der Waals surface area contributed by atoms with Crippen molar-refractivity contribution >= 4 is 17.6 Å². The number of urea groups is 1. The van der Waals surface area contributed by atoms with Gasteiger partial charge in [0.1, 0.15) is 0 Å². The van der Waals surface area contributed by atoms with Crippen molar-refractivity contribution in [3.05, 3.63) is 89.0 Å². The predicted octanol–water partition coefficient (Wildman–Crippen LogP) is 5.53. The van der Waals surface area contributed by atoms with Gasteiger partial charge in [-0.2, -0.15) is 0 Å². The lowest BCUT2D eigenvalue weighted by Crippen LogP contribution is -2.65. The van der Waals surface area contributed by atoms with E-state index in [-0.39, 0.29) is 18.0 Å². The Kier molecular flexibility index (Phi) is 6.22. The molecule has 2 N–H and O–H groups in total. The molecule has 2 unspecified atom stereocenters. The molecule has 0 radical (unpaired) electrons. The Hall–Kier alpha value is -4.00. The van der Waals surface area contributed by atoms with Crippen molar-refractivity contribution in [3.8, 4) is 11.5 Å². The van der Waals surface area contributed by atoms with Gasteiger partial charge in [-0.15, -0.1) is 0 Å². The van der Waals surface area contributed by atoms with Gasteiger partial charge in [-0.1, -0.05) is 48.0 Å². The van der Waals surface area contributed by atoms with Gasteiger partial charge in [0.25, 0.3) is 5.91 Å². The van der Waals surface area contributed by atoms with Crippen LogP contribution in [0, 0.1) is 12.8 Å². The monoisotopic (exact) mass is 511 g/mol. The molecule has 38 heavy (non-hydrogen) atoms. The first-order chi connectivity index (χ1) is 18.4. The fourth-order valence-corrected chi connectivity index (χ4v) is 5.32. The second-order valence-electron chi connectivity index (χ2n) is 10.8. The van der Waals surface area contributed by atoms with Gasteiger partial charge in [0.15, 0.2) is 17.2 Å². The molecule has 2 fully saturated rings. The summed E-state index contributed by atoms with van der Waals surface area (Å²) in [7, 11) is 0. The molecule has 1 aliphatic carbocycles. The van der Waals surface area contributed by atoms with Crippen LogP contribution in [0.3, 0.4) is 0 Å². The van der Waals surface area contributed by atoms with E-state index in [4.69, 9.17) is 9.47 Å². The van der Waals surface area contributed by atoms with E-state index in [2.05, 4.69) is 41.8 Å². The average molecular weight is 512 g/mol. The van der Waals surface area contributed by atoms with Gasteiger partial charge in [0.2, 0.25) is 0 Å². The summed E-state index contributed by atoms with van der Waals surface area (Å²) in [5.41, 5.74) is 3.49. The van der Waals surface area contributed by atoms with E-state index < -0.39 is 5.72 Å². The Bertz CT molecular complexity index is 1370. The number of anilines is 1. The Morgan fingerprint density at radius 3 is 2.71 bits per heavy atom. The molecule has 0 aromatic heterocycles. The van der Waals surface area contributed by atoms with Crippen molar-refractivity contribution in [1.29, 1.82) is 0 Å². The molecule has 0 spiro atoms. The SMILES string of the molecule is Cc1ccc(CCNC(=O)c2cccc(N3C(=O)NC4CC3(C)Oc3c(OCC5CC5)cccc34)c2)cc1. The number of nitrogens with one attached hydrogen (secondary N) is 2. The Labute approximate surface area is 223 Å². The maximum absolute atomic E-state index is 13.4. The highest BCUT2D eigenvalue weighted by Gasteiger charge is 2.50. The van der Waals surface area contributed by atoms with E-state index >= 15 is 0 Å². The molecule has 2 aliphatic heterocycles. The largest absolute Gasteiger partial charge is 0.489 e. The normalized spacial score (nSPS) is 21.7. The minimum atomic E-state index is -0.931. The van der Waals surface area contributed by atoms with E-state index in [9.17, 15) is 9.59 Å². The lowest BCUT2D eigenvalue weighted by molar-refractivity contribution is 0.0340. The second kappa shape index (κ2) is 9.71. The Morgan fingerprint density at radius 1 is 1.13 bits per heavy atom. The van der Waals surface area contributed by atoms with E-state index in [1.54, 1.807) is 23.1 Å². The molecular weight excluding hydrogens is 478 g/mol. The van der Waals surface area contributed by atoms with Gasteiger partial charge < -0.3 is 20.1 Å². The number of aryl methyl sites for hydroxylation is 1. The van der Waals surface area contributed by atoms with Gasteiger partial charge in [-0.3, -0.25) is 9.69 Å². The highest BCUT2D eigenvalue weighted by molar-refractivity contribution is 5.99. The third-order valence-electron chi connectivity index (χ3n) is 7.62. The molecule has 1 saturated heterocycles. The van der Waals surface area contributed by atoms with Crippen LogP contribution in [0.15, 0.2) is 66.7 Å². The van der Waals surface area contributed by atoms with Crippen molar-refractivity contribution in [1.82, 2.24) is 10.6 Å². The fourth-order valence-electron chi connectivity index (χ4n) is 5.32. The number of hydrogen-bond donors (Lipinski definition) is 2. The van der Waals surface area contributed by atoms with E-state index in [1.807, 2.05) is 31.2 Å². The summed E-state index contributed by atoms with van der Waals surface area (Å²) in [6, 6.07) is 20.9. The number of para-hydroxylation sites is 1. The molecule has 2 bridgehead atoms. The van der Waals surface area contributed by atoms with Gasteiger partial charge in [0.05, 0.1) is 18.3 Å². The summed E-state index contributed by atoms with van der Waals surface area (Å²) in [6.45, 7) is 5.19. The predicted molar refractivity (Wildman–Crippen MR) is 146 cm³/mol. The third kappa shape index (κ3) is 4.80. The summed E-state index contributed by atoms with van der Waals surface area (Å²) >= 11 is 0. The van der Waals surface area contributed by atoms with Gasteiger partial charge in [-0.25, -0.2) is 4.79 Å². The number of carbonyl (C=O) groups excluding carboxylic acids is 2. The number of rotatable bonds is 8. The van der Waals surface area contributed by atoms with Gasteiger partial charge >= 0.3 is 6.03 Å². The number of fused-ring (bicyclic) bond motifs is 4. The summed E-state index contributed by atoms with van der Waals surface area (Å²) < 4.78 is 12.7. The summed E-state index contributed by atoms with van der Waals surface area (Å²) in [6.07, 6.45) is 3.73. The zero-order chi connectivity index (χ0) is 26.3. The zero-order valence-electron chi connectivity index (χ0n) is 21.8. The molecule has 6 rings (SSSR count). The number of ether oxygens (including phenoxy) is 2. The molecule has 2 heterocycles. The maximum atomic E-state index is 13.4. The number of carbonyl (C=O) groups is 2. The molecule has 196 valence electrons. The molecule has 3 aromatic carbocycles. The number of amides is 3. The van der Waals surface area contributed by atoms with Crippen molar-refractivity contribution in [2.45, 2.75) is 51.3 Å². The zero-order valence-corrected chi connectivity index (χ0v) is 21.8. The third-order valence-corrected chi connectivity index (χ3v) is 7.62. The smallest absolute Gasteiger partial charge is 0.325 e. The van der Waals surface area contributed by atoms with Gasteiger partial charge in [-0.05, 0) is 68.9 Å². The molecular formula is C31H33N3O4. The second-order valence-corrected chi connectivity index (χ2v) is 10.8. The van der Waals surface area contributed by atoms with Crippen molar-refractivity contribution in [3.63, 3.8) is 0 Å². The molecule has 2 atom stereocenters. The van der Waals surface area contributed by atoms with Crippen molar-refractivity contribution in [2.24, 2.45) is 5.92 Å². The van der Waals surface area contributed by atoms with E-state index in [0.717, 1.165) is 12.0 Å². The van der Waals surface area contributed by atoms with Crippen LogP contribution in [0.4, 0.5) is 10.5 Å². The summed E-state index contributed by atoms with van der Waals surface area (Å²) in [5, 5.41) is 6.14.